The van der Waals surface area contributed by atoms with Gasteiger partial charge in [-0.15, -0.1) is 0 Å². The van der Waals surface area contributed by atoms with Crippen LogP contribution < -0.4 is 5.32 Å². The Morgan fingerprint density at radius 2 is 2.15 bits per heavy atom. The van der Waals surface area contributed by atoms with Gasteiger partial charge in [0.25, 0.3) is 0 Å². The number of carboxylic acid groups (broad SMARTS) is 1. The Morgan fingerprint density at radius 3 is 2.62 bits per heavy atom. The number of carbonyl (C=O) groups excluding carboxylic acids is 1. The van der Waals surface area contributed by atoms with Crippen LogP contribution in [0.5, 0.6) is 0 Å². The van der Waals surface area contributed by atoms with Gasteiger partial charge in [-0.1, -0.05) is 6.92 Å². The highest BCUT2D eigenvalue weighted by molar-refractivity contribution is 5.80. The van der Waals surface area contributed by atoms with E-state index in [9.17, 15) is 9.59 Å². The molecular formula is C8H15NO4. The molecule has 0 aromatic carbocycles. The third-order valence-corrected chi connectivity index (χ3v) is 1.38. The zero-order valence-electron chi connectivity index (χ0n) is 7.87. The topological polar surface area (TPSA) is 75.6 Å². The van der Waals surface area contributed by atoms with Gasteiger partial charge in [0, 0.05) is 6.54 Å². The number of ether oxygens (including phenoxy) is 1. The largest absolute Gasteiger partial charge is 0.480 e. The van der Waals surface area contributed by atoms with Crippen molar-refractivity contribution in [2.24, 2.45) is 0 Å². The molecule has 76 valence electrons. The molecule has 1 atom stereocenters. The SMILES string of the molecule is CCCNC(=O)C(C)OCC(=O)O. The molecule has 13 heavy (non-hydrogen) atoms. The molecule has 0 saturated heterocycles. The molecule has 0 heterocycles. The third kappa shape index (κ3) is 6.10. The Hall–Kier alpha value is -1.10. The van der Waals surface area contributed by atoms with Gasteiger partial charge in [-0.05, 0) is 13.3 Å². The van der Waals surface area contributed by atoms with E-state index in [2.05, 4.69) is 5.32 Å². The molecule has 0 saturated carbocycles. The molecule has 2 N–H and O–H groups in total. The highest BCUT2D eigenvalue weighted by Gasteiger charge is 2.13. The maximum Gasteiger partial charge on any atom is 0.329 e. The molecule has 0 aromatic rings. The standard InChI is InChI=1S/C8H15NO4/c1-3-4-9-8(12)6(2)13-5-7(10)11/h6H,3-5H2,1-2H3,(H,9,12)(H,10,11). The van der Waals surface area contributed by atoms with Gasteiger partial charge in [0.1, 0.15) is 12.7 Å². The first-order chi connectivity index (χ1) is 6.07. The summed E-state index contributed by atoms with van der Waals surface area (Å²) < 4.78 is 4.75. The van der Waals surface area contributed by atoms with E-state index in [-0.39, 0.29) is 5.91 Å². The summed E-state index contributed by atoms with van der Waals surface area (Å²) in [4.78, 5) is 21.2. The van der Waals surface area contributed by atoms with Gasteiger partial charge in [0.05, 0.1) is 0 Å². The Kier molecular flexibility index (Phi) is 5.88. The van der Waals surface area contributed by atoms with Crippen LogP contribution in [-0.2, 0) is 14.3 Å². The summed E-state index contributed by atoms with van der Waals surface area (Å²) in [6, 6.07) is 0. The van der Waals surface area contributed by atoms with Gasteiger partial charge in [-0.3, -0.25) is 4.79 Å². The Balaban J connectivity index is 3.62. The van der Waals surface area contributed by atoms with Crippen molar-refractivity contribution in [3.8, 4) is 0 Å². The maximum absolute atomic E-state index is 11.1. The summed E-state index contributed by atoms with van der Waals surface area (Å²) in [6.07, 6.45) is 0.139. The first kappa shape index (κ1) is 11.9. The van der Waals surface area contributed by atoms with Crippen molar-refractivity contribution in [3.63, 3.8) is 0 Å². The Labute approximate surface area is 77.1 Å². The van der Waals surface area contributed by atoms with Crippen molar-refractivity contribution in [1.82, 2.24) is 5.32 Å². The quantitative estimate of drug-likeness (QED) is 0.616. The number of carbonyl (C=O) groups is 2. The number of rotatable bonds is 6. The highest BCUT2D eigenvalue weighted by Crippen LogP contribution is 1.90. The summed E-state index contributed by atoms with van der Waals surface area (Å²) in [7, 11) is 0. The minimum atomic E-state index is -1.07. The average molecular weight is 189 g/mol. The molecule has 0 spiro atoms. The van der Waals surface area contributed by atoms with Crippen molar-refractivity contribution in [2.75, 3.05) is 13.2 Å². The number of hydrogen-bond donors (Lipinski definition) is 2. The van der Waals surface area contributed by atoms with E-state index in [1.165, 1.54) is 6.92 Å². The van der Waals surface area contributed by atoms with E-state index in [4.69, 9.17) is 9.84 Å². The minimum Gasteiger partial charge on any atom is -0.480 e. The van der Waals surface area contributed by atoms with Crippen LogP contribution in [0.2, 0.25) is 0 Å². The van der Waals surface area contributed by atoms with Crippen molar-refractivity contribution in [2.45, 2.75) is 26.4 Å². The summed E-state index contributed by atoms with van der Waals surface area (Å²) >= 11 is 0. The summed E-state index contributed by atoms with van der Waals surface area (Å²) in [5.41, 5.74) is 0. The first-order valence-corrected chi connectivity index (χ1v) is 4.19. The molecule has 5 heteroatoms. The van der Waals surface area contributed by atoms with E-state index in [0.717, 1.165) is 6.42 Å². The predicted octanol–water partition coefficient (Wildman–Crippen LogP) is 0.00230. The second kappa shape index (κ2) is 6.42. The third-order valence-electron chi connectivity index (χ3n) is 1.38. The zero-order valence-corrected chi connectivity index (χ0v) is 7.87. The summed E-state index contributed by atoms with van der Waals surface area (Å²) in [5, 5.41) is 10.9. The molecule has 0 aromatic heterocycles. The Bertz CT molecular complexity index is 181. The zero-order chi connectivity index (χ0) is 10.3. The highest BCUT2D eigenvalue weighted by atomic mass is 16.5. The summed E-state index contributed by atoms with van der Waals surface area (Å²) in [6.45, 7) is 3.59. The van der Waals surface area contributed by atoms with Crippen LogP contribution in [0.3, 0.4) is 0 Å². The van der Waals surface area contributed by atoms with Gasteiger partial charge in [-0.2, -0.15) is 0 Å². The monoisotopic (exact) mass is 189 g/mol. The molecule has 0 rings (SSSR count). The van der Waals surface area contributed by atoms with E-state index in [0.29, 0.717) is 6.54 Å². The molecular weight excluding hydrogens is 174 g/mol. The molecule has 1 unspecified atom stereocenters. The molecule has 0 aliphatic rings. The lowest BCUT2D eigenvalue weighted by molar-refractivity contribution is -0.147. The number of nitrogens with one attached hydrogen (secondary N) is 1. The lowest BCUT2D eigenvalue weighted by Crippen LogP contribution is -2.35. The van der Waals surface area contributed by atoms with Crippen molar-refractivity contribution >= 4 is 11.9 Å². The molecule has 1 amide bonds. The predicted molar refractivity (Wildman–Crippen MR) is 46.4 cm³/mol. The summed E-state index contributed by atoms with van der Waals surface area (Å²) in [5.74, 6) is -1.35. The number of amides is 1. The van der Waals surface area contributed by atoms with Crippen LogP contribution in [0, 0.1) is 0 Å². The van der Waals surface area contributed by atoms with E-state index >= 15 is 0 Å². The van der Waals surface area contributed by atoms with Gasteiger partial charge in [-0.25, -0.2) is 4.79 Å². The molecule has 0 fully saturated rings. The molecule has 0 aliphatic heterocycles. The molecule has 0 bridgehead atoms. The number of carboxylic acids is 1. The van der Waals surface area contributed by atoms with Crippen LogP contribution in [0.25, 0.3) is 0 Å². The van der Waals surface area contributed by atoms with Crippen LogP contribution >= 0.6 is 0 Å². The van der Waals surface area contributed by atoms with Crippen LogP contribution in [0.4, 0.5) is 0 Å². The average Bonchev–Trinajstić information content (AvgIpc) is 2.10. The Morgan fingerprint density at radius 1 is 1.54 bits per heavy atom. The number of aliphatic carboxylic acids is 1. The van der Waals surface area contributed by atoms with Crippen LogP contribution in [0.15, 0.2) is 0 Å². The molecule has 0 aliphatic carbocycles. The van der Waals surface area contributed by atoms with Crippen molar-refractivity contribution in [3.05, 3.63) is 0 Å². The maximum atomic E-state index is 11.1. The molecule has 5 nitrogen and oxygen atoms in total. The smallest absolute Gasteiger partial charge is 0.329 e. The lowest BCUT2D eigenvalue weighted by atomic mass is 10.3. The van der Waals surface area contributed by atoms with E-state index < -0.39 is 18.7 Å². The van der Waals surface area contributed by atoms with Crippen molar-refractivity contribution in [1.29, 1.82) is 0 Å². The van der Waals surface area contributed by atoms with E-state index in [1.54, 1.807) is 0 Å². The van der Waals surface area contributed by atoms with Gasteiger partial charge >= 0.3 is 5.97 Å². The van der Waals surface area contributed by atoms with Crippen LogP contribution in [-0.4, -0.2) is 36.2 Å². The van der Waals surface area contributed by atoms with Crippen molar-refractivity contribution < 1.29 is 19.4 Å². The normalized spacial score (nSPS) is 12.2. The second-order valence-electron chi connectivity index (χ2n) is 2.64. The number of hydrogen-bond acceptors (Lipinski definition) is 3. The van der Waals surface area contributed by atoms with E-state index in [1.807, 2.05) is 6.92 Å². The van der Waals surface area contributed by atoms with Crippen LogP contribution in [0.1, 0.15) is 20.3 Å². The lowest BCUT2D eigenvalue weighted by Gasteiger charge is -2.10. The van der Waals surface area contributed by atoms with Gasteiger partial charge in [0.2, 0.25) is 5.91 Å². The minimum absolute atomic E-state index is 0.275. The molecule has 0 radical (unpaired) electrons. The fourth-order valence-corrected chi connectivity index (χ4v) is 0.664. The van der Waals surface area contributed by atoms with Gasteiger partial charge in [0.15, 0.2) is 0 Å². The fourth-order valence-electron chi connectivity index (χ4n) is 0.664. The fraction of sp³-hybridized carbons (Fsp3) is 0.750. The second-order valence-corrected chi connectivity index (χ2v) is 2.64. The first-order valence-electron chi connectivity index (χ1n) is 4.19. The van der Waals surface area contributed by atoms with Gasteiger partial charge < -0.3 is 15.2 Å².